The lowest BCUT2D eigenvalue weighted by molar-refractivity contribution is -0.140. The zero-order chi connectivity index (χ0) is 17.4. The van der Waals surface area contributed by atoms with Crippen molar-refractivity contribution >= 4 is 29.9 Å². The van der Waals surface area contributed by atoms with Crippen LogP contribution in [-0.4, -0.2) is 49.4 Å². The number of rotatable bonds is 3. The largest absolute Gasteiger partial charge is 0.342 e. The second-order valence-electron chi connectivity index (χ2n) is 7.68. The van der Waals surface area contributed by atoms with Crippen molar-refractivity contribution in [2.24, 2.45) is 17.8 Å². The second kappa shape index (κ2) is 7.97. The molecule has 0 radical (unpaired) electrons. The third-order valence-electron chi connectivity index (χ3n) is 6.22. The molecule has 1 atom stereocenters. The van der Waals surface area contributed by atoms with E-state index in [2.05, 4.69) is 11.4 Å². The first-order valence-corrected chi connectivity index (χ1v) is 9.54. The minimum atomic E-state index is 0. The Morgan fingerprint density at radius 1 is 1.12 bits per heavy atom. The van der Waals surface area contributed by atoms with Gasteiger partial charge in [-0.2, -0.15) is 0 Å². The van der Waals surface area contributed by atoms with Crippen molar-refractivity contribution in [1.29, 1.82) is 0 Å². The minimum Gasteiger partial charge on any atom is -0.342 e. The van der Waals surface area contributed by atoms with Crippen molar-refractivity contribution in [2.45, 2.75) is 26.2 Å². The summed E-state index contributed by atoms with van der Waals surface area (Å²) < 4.78 is 0. The number of carbonyl (C=O) groups is 2. The lowest BCUT2D eigenvalue weighted by atomic mass is 9.86. The van der Waals surface area contributed by atoms with Gasteiger partial charge < -0.3 is 15.1 Å². The number of nitrogens with one attached hydrogen (secondary N) is 1. The third-order valence-corrected chi connectivity index (χ3v) is 6.22. The maximum atomic E-state index is 13.0. The monoisotopic (exact) mass is 377 g/mol. The van der Waals surface area contributed by atoms with Gasteiger partial charge in [0.1, 0.15) is 0 Å². The summed E-state index contributed by atoms with van der Waals surface area (Å²) in [5.41, 5.74) is 2.35. The molecule has 1 aromatic rings. The number of anilines is 1. The van der Waals surface area contributed by atoms with Crippen LogP contribution in [0.3, 0.4) is 0 Å². The molecule has 1 N–H and O–H groups in total. The number of halogens is 1. The molecule has 2 amide bonds. The molecule has 0 spiro atoms. The van der Waals surface area contributed by atoms with Crippen molar-refractivity contribution < 1.29 is 9.59 Å². The van der Waals surface area contributed by atoms with Gasteiger partial charge in [-0.1, -0.05) is 25.1 Å². The Bertz CT molecular complexity index is 669. The summed E-state index contributed by atoms with van der Waals surface area (Å²) in [7, 11) is 0. The molecule has 1 aromatic carbocycles. The van der Waals surface area contributed by atoms with E-state index >= 15 is 0 Å². The van der Waals surface area contributed by atoms with Gasteiger partial charge in [0.25, 0.3) is 0 Å². The number of nitrogens with zero attached hydrogens (tertiary/aromatic N) is 2. The topological polar surface area (TPSA) is 52.7 Å². The Morgan fingerprint density at radius 3 is 2.46 bits per heavy atom. The summed E-state index contributed by atoms with van der Waals surface area (Å²) >= 11 is 0. The number of amides is 2. The van der Waals surface area contributed by atoms with Gasteiger partial charge in [-0.25, -0.2) is 0 Å². The lowest BCUT2D eigenvalue weighted by Gasteiger charge is -2.38. The van der Waals surface area contributed by atoms with Crippen molar-refractivity contribution in [2.75, 3.05) is 37.6 Å². The highest BCUT2D eigenvalue weighted by atomic mass is 35.5. The van der Waals surface area contributed by atoms with Crippen molar-refractivity contribution in [3.63, 3.8) is 0 Å². The highest BCUT2D eigenvalue weighted by molar-refractivity contribution is 5.97. The third kappa shape index (κ3) is 3.47. The van der Waals surface area contributed by atoms with E-state index in [-0.39, 0.29) is 36.1 Å². The molecule has 3 aliphatic heterocycles. The summed E-state index contributed by atoms with van der Waals surface area (Å²) in [5.74, 6) is 1.14. The standard InChI is InChI=1S/C20H27N3O2.ClH/c1-14(17-12-21-13-17)19(24)22-9-6-16(7-10-22)20(25)23-11-8-15-4-2-3-5-18(15)23;/h2-5,14,16-17,21H,6-13H2,1H3;1H. The van der Waals surface area contributed by atoms with Crippen LogP contribution in [0, 0.1) is 17.8 Å². The Balaban J connectivity index is 0.00000196. The SMILES string of the molecule is CC(C(=O)N1CCC(C(=O)N2CCc3ccccc32)CC1)C1CNC1.Cl. The summed E-state index contributed by atoms with van der Waals surface area (Å²) in [6.07, 6.45) is 2.53. The van der Waals surface area contributed by atoms with Gasteiger partial charge >= 0.3 is 0 Å². The minimum absolute atomic E-state index is 0. The number of para-hydroxylation sites is 1. The molecular weight excluding hydrogens is 350 g/mol. The fraction of sp³-hybridized carbons (Fsp3) is 0.600. The van der Waals surface area contributed by atoms with E-state index in [1.807, 2.05) is 34.9 Å². The molecular formula is C20H28ClN3O2. The number of likely N-dealkylation sites (tertiary alicyclic amines) is 1. The molecule has 0 saturated carbocycles. The smallest absolute Gasteiger partial charge is 0.230 e. The molecule has 2 saturated heterocycles. The van der Waals surface area contributed by atoms with E-state index in [1.54, 1.807) is 0 Å². The van der Waals surface area contributed by atoms with Crippen molar-refractivity contribution in [3.05, 3.63) is 29.8 Å². The summed E-state index contributed by atoms with van der Waals surface area (Å²) in [5, 5.41) is 3.24. The number of fused-ring (bicyclic) bond motifs is 1. The average Bonchev–Trinajstić information content (AvgIpc) is 3.03. The van der Waals surface area contributed by atoms with Gasteiger partial charge in [-0.15, -0.1) is 12.4 Å². The van der Waals surface area contributed by atoms with Crippen LogP contribution in [-0.2, 0) is 16.0 Å². The van der Waals surface area contributed by atoms with Crippen LogP contribution < -0.4 is 10.2 Å². The fourth-order valence-corrected chi connectivity index (χ4v) is 4.29. The molecule has 26 heavy (non-hydrogen) atoms. The van der Waals surface area contributed by atoms with Gasteiger partial charge in [0.2, 0.25) is 11.8 Å². The number of carbonyl (C=O) groups excluding carboxylic acids is 2. The molecule has 4 rings (SSSR count). The maximum absolute atomic E-state index is 13.0. The Morgan fingerprint density at radius 2 is 1.81 bits per heavy atom. The van der Waals surface area contributed by atoms with Crippen molar-refractivity contribution in [3.8, 4) is 0 Å². The first-order chi connectivity index (χ1) is 12.1. The molecule has 3 heterocycles. The van der Waals surface area contributed by atoms with E-state index in [9.17, 15) is 9.59 Å². The molecule has 0 aliphatic carbocycles. The van der Waals surface area contributed by atoms with Gasteiger partial charge in [0.05, 0.1) is 0 Å². The normalized spacial score (nSPS) is 21.6. The van der Waals surface area contributed by atoms with E-state index < -0.39 is 0 Å². The Labute approximate surface area is 161 Å². The van der Waals surface area contributed by atoms with E-state index in [1.165, 1.54) is 5.56 Å². The molecule has 0 bridgehead atoms. The number of hydrogen-bond donors (Lipinski definition) is 1. The van der Waals surface area contributed by atoms with Crippen LogP contribution in [0.5, 0.6) is 0 Å². The predicted octanol–water partition coefficient (Wildman–Crippen LogP) is 2.09. The summed E-state index contributed by atoms with van der Waals surface area (Å²) in [6.45, 7) is 6.19. The Hall–Kier alpha value is -1.59. The van der Waals surface area contributed by atoms with Crippen LogP contribution in [0.2, 0.25) is 0 Å². The van der Waals surface area contributed by atoms with Crippen LogP contribution in [0.4, 0.5) is 5.69 Å². The predicted molar refractivity (Wildman–Crippen MR) is 105 cm³/mol. The molecule has 0 aromatic heterocycles. The molecule has 2 fully saturated rings. The van der Waals surface area contributed by atoms with Crippen molar-refractivity contribution in [1.82, 2.24) is 10.2 Å². The van der Waals surface area contributed by atoms with Gasteiger partial charge in [-0.05, 0) is 49.9 Å². The van der Waals surface area contributed by atoms with E-state index in [0.717, 1.165) is 57.7 Å². The van der Waals surface area contributed by atoms with Crippen LogP contribution >= 0.6 is 12.4 Å². The van der Waals surface area contributed by atoms with E-state index in [4.69, 9.17) is 0 Å². The summed E-state index contributed by atoms with van der Waals surface area (Å²) in [6, 6.07) is 8.20. The number of benzene rings is 1. The van der Waals surface area contributed by atoms with E-state index in [0.29, 0.717) is 5.92 Å². The molecule has 3 aliphatic rings. The second-order valence-corrected chi connectivity index (χ2v) is 7.68. The Kier molecular flexibility index (Phi) is 5.88. The first-order valence-electron chi connectivity index (χ1n) is 9.54. The zero-order valence-corrected chi connectivity index (χ0v) is 16.1. The molecule has 142 valence electrons. The van der Waals surface area contributed by atoms with Gasteiger partial charge in [-0.3, -0.25) is 9.59 Å². The van der Waals surface area contributed by atoms with Gasteiger partial charge in [0.15, 0.2) is 0 Å². The van der Waals surface area contributed by atoms with Crippen LogP contribution in [0.1, 0.15) is 25.3 Å². The average molecular weight is 378 g/mol. The number of piperidine rings is 1. The fourth-order valence-electron chi connectivity index (χ4n) is 4.29. The number of hydrogen-bond acceptors (Lipinski definition) is 3. The zero-order valence-electron chi connectivity index (χ0n) is 15.3. The highest BCUT2D eigenvalue weighted by Gasteiger charge is 2.36. The summed E-state index contributed by atoms with van der Waals surface area (Å²) in [4.78, 5) is 29.5. The lowest BCUT2D eigenvalue weighted by Crippen LogP contribution is -2.52. The molecule has 1 unspecified atom stereocenters. The maximum Gasteiger partial charge on any atom is 0.230 e. The molecule has 5 nitrogen and oxygen atoms in total. The van der Waals surface area contributed by atoms with Gasteiger partial charge in [0, 0.05) is 37.2 Å². The quantitative estimate of drug-likeness (QED) is 0.877. The van der Waals surface area contributed by atoms with Crippen LogP contribution in [0.15, 0.2) is 24.3 Å². The highest BCUT2D eigenvalue weighted by Crippen LogP contribution is 2.31. The first kappa shape index (κ1) is 19.2. The molecule has 6 heteroatoms. The van der Waals surface area contributed by atoms with Crippen LogP contribution in [0.25, 0.3) is 0 Å².